The molecule has 2 aromatic carbocycles. The summed E-state index contributed by atoms with van der Waals surface area (Å²) in [7, 11) is 0. The number of ether oxygens (including phenoxy) is 1. The number of carbonyl (C=O) groups excluding carboxylic acids is 2. The Balaban J connectivity index is 1.78. The van der Waals surface area contributed by atoms with E-state index < -0.39 is 0 Å². The molecule has 0 spiro atoms. The maximum absolute atomic E-state index is 11.8. The molecule has 0 aromatic heterocycles. The highest BCUT2D eigenvalue weighted by molar-refractivity contribution is 5.89. The minimum atomic E-state index is -0.346. The average Bonchev–Trinajstić information content (AvgIpc) is 2.60. The lowest BCUT2D eigenvalue weighted by molar-refractivity contribution is -0.123. The number of hydrogen-bond donors (Lipinski definition) is 2. The molecular weight excluding hydrogens is 342 g/mol. The van der Waals surface area contributed by atoms with Gasteiger partial charge in [-0.1, -0.05) is 45.0 Å². The molecule has 142 valence electrons. The quantitative estimate of drug-likeness (QED) is 0.606. The van der Waals surface area contributed by atoms with Crippen LogP contribution < -0.4 is 15.5 Å². The van der Waals surface area contributed by atoms with Crippen LogP contribution in [0.2, 0.25) is 0 Å². The molecule has 0 heterocycles. The molecule has 6 nitrogen and oxygen atoms in total. The molecule has 0 saturated heterocycles. The average molecular weight is 367 g/mol. The first-order chi connectivity index (χ1) is 12.7. The fraction of sp³-hybridized carbons (Fsp3) is 0.286. The number of hydrazone groups is 1. The SMILES string of the molecule is CC(=O)Nc1ccc(/C=N\NC(=O)COc2ccc(C(C)(C)C)cc2)cc1. The molecule has 0 aliphatic rings. The molecule has 0 unspecified atom stereocenters. The highest BCUT2D eigenvalue weighted by Crippen LogP contribution is 2.24. The van der Waals surface area contributed by atoms with Crippen molar-refractivity contribution in [3.8, 4) is 5.75 Å². The Bertz CT molecular complexity index is 804. The molecule has 0 bridgehead atoms. The van der Waals surface area contributed by atoms with Crippen molar-refractivity contribution >= 4 is 23.7 Å². The monoisotopic (exact) mass is 367 g/mol. The van der Waals surface area contributed by atoms with Crippen molar-refractivity contribution in [1.82, 2.24) is 5.43 Å². The zero-order valence-electron chi connectivity index (χ0n) is 16.1. The van der Waals surface area contributed by atoms with Crippen molar-refractivity contribution in [1.29, 1.82) is 0 Å². The second-order valence-electron chi connectivity index (χ2n) is 7.16. The molecule has 0 aliphatic heterocycles. The molecule has 27 heavy (non-hydrogen) atoms. The number of rotatable bonds is 6. The summed E-state index contributed by atoms with van der Waals surface area (Å²) in [6.07, 6.45) is 1.52. The summed E-state index contributed by atoms with van der Waals surface area (Å²) in [4.78, 5) is 22.8. The van der Waals surface area contributed by atoms with Crippen molar-refractivity contribution < 1.29 is 14.3 Å². The molecule has 2 aromatic rings. The van der Waals surface area contributed by atoms with Gasteiger partial charge in [0.1, 0.15) is 5.75 Å². The number of nitrogens with one attached hydrogen (secondary N) is 2. The molecule has 2 N–H and O–H groups in total. The predicted octanol–water partition coefficient (Wildman–Crippen LogP) is 3.47. The lowest BCUT2D eigenvalue weighted by Crippen LogP contribution is -2.24. The Morgan fingerprint density at radius 3 is 2.22 bits per heavy atom. The van der Waals surface area contributed by atoms with Crippen molar-refractivity contribution in [2.24, 2.45) is 5.10 Å². The summed E-state index contributed by atoms with van der Waals surface area (Å²) < 4.78 is 5.46. The third-order valence-corrected chi connectivity index (χ3v) is 3.72. The normalized spacial score (nSPS) is 11.3. The van der Waals surface area contributed by atoms with E-state index in [0.717, 1.165) is 5.56 Å². The van der Waals surface area contributed by atoms with Crippen molar-refractivity contribution in [2.45, 2.75) is 33.1 Å². The van der Waals surface area contributed by atoms with Crippen LogP contribution in [-0.2, 0) is 15.0 Å². The van der Waals surface area contributed by atoms with Gasteiger partial charge in [-0.05, 0) is 40.8 Å². The number of carbonyl (C=O) groups is 2. The minimum Gasteiger partial charge on any atom is -0.484 e. The molecule has 6 heteroatoms. The second-order valence-corrected chi connectivity index (χ2v) is 7.16. The first-order valence-corrected chi connectivity index (χ1v) is 8.67. The summed E-state index contributed by atoms with van der Waals surface area (Å²) >= 11 is 0. The van der Waals surface area contributed by atoms with Crippen LogP contribution in [0.25, 0.3) is 0 Å². The molecule has 0 aliphatic carbocycles. The van der Waals surface area contributed by atoms with Gasteiger partial charge in [0.05, 0.1) is 6.21 Å². The highest BCUT2D eigenvalue weighted by atomic mass is 16.5. The number of anilines is 1. The summed E-state index contributed by atoms with van der Waals surface area (Å²) in [6, 6.07) is 14.8. The van der Waals surface area contributed by atoms with E-state index in [1.165, 1.54) is 18.7 Å². The Labute approximate surface area is 159 Å². The third-order valence-electron chi connectivity index (χ3n) is 3.72. The van der Waals surface area contributed by atoms with Gasteiger partial charge < -0.3 is 10.1 Å². The van der Waals surface area contributed by atoms with Crippen LogP contribution in [-0.4, -0.2) is 24.6 Å². The maximum Gasteiger partial charge on any atom is 0.277 e. The van der Waals surface area contributed by atoms with Gasteiger partial charge in [-0.15, -0.1) is 0 Å². The van der Waals surface area contributed by atoms with Gasteiger partial charge in [0.25, 0.3) is 5.91 Å². The molecule has 0 atom stereocenters. The fourth-order valence-electron chi connectivity index (χ4n) is 2.27. The molecule has 0 fully saturated rings. The predicted molar refractivity (Wildman–Crippen MR) is 107 cm³/mol. The Morgan fingerprint density at radius 2 is 1.67 bits per heavy atom. The van der Waals surface area contributed by atoms with E-state index in [1.54, 1.807) is 24.3 Å². The lowest BCUT2D eigenvalue weighted by atomic mass is 9.87. The molecule has 0 saturated carbocycles. The fourth-order valence-corrected chi connectivity index (χ4v) is 2.27. The van der Waals surface area contributed by atoms with Gasteiger partial charge in [0, 0.05) is 12.6 Å². The van der Waals surface area contributed by atoms with Crippen LogP contribution in [0.4, 0.5) is 5.69 Å². The number of hydrogen-bond acceptors (Lipinski definition) is 4. The van der Waals surface area contributed by atoms with Crippen molar-refractivity contribution in [3.05, 3.63) is 59.7 Å². The van der Waals surface area contributed by atoms with E-state index in [4.69, 9.17) is 4.74 Å². The smallest absolute Gasteiger partial charge is 0.277 e. The zero-order valence-corrected chi connectivity index (χ0v) is 16.1. The van der Waals surface area contributed by atoms with E-state index in [9.17, 15) is 9.59 Å². The van der Waals surface area contributed by atoms with Gasteiger partial charge in [-0.25, -0.2) is 5.43 Å². The van der Waals surface area contributed by atoms with Gasteiger partial charge in [0.15, 0.2) is 6.61 Å². The first kappa shape index (κ1) is 20.2. The van der Waals surface area contributed by atoms with Crippen molar-refractivity contribution in [3.63, 3.8) is 0 Å². The Hall–Kier alpha value is -3.15. The maximum atomic E-state index is 11.8. The Kier molecular flexibility index (Phi) is 6.71. The van der Waals surface area contributed by atoms with Crippen LogP contribution in [0.1, 0.15) is 38.8 Å². The molecule has 2 amide bonds. The van der Waals surface area contributed by atoms with Gasteiger partial charge in [-0.3, -0.25) is 9.59 Å². The summed E-state index contributed by atoms with van der Waals surface area (Å²) in [5.74, 6) is 0.161. The lowest BCUT2D eigenvalue weighted by Gasteiger charge is -2.19. The zero-order chi connectivity index (χ0) is 19.9. The summed E-state index contributed by atoms with van der Waals surface area (Å²) in [6.45, 7) is 7.75. The molecular formula is C21H25N3O3. The number of amides is 2. The number of nitrogens with zero attached hydrogens (tertiary/aromatic N) is 1. The second kappa shape index (κ2) is 8.98. The van der Waals surface area contributed by atoms with Crippen LogP contribution in [0.3, 0.4) is 0 Å². The largest absolute Gasteiger partial charge is 0.484 e. The van der Waals surface area contributed by atoms with Crippen molar-refractivity contribution in [2.75, 3.05) is 11.9 Å². The standard InChI is InChI=1S/C21H25N3O3/c1-15(25)23-18-9-5-16(6-10-18)13-22-24-20(26)14-27-19-11-7-17(8-12-19)21(2,3)4/h5-13H,14H2,1-4H3,(H,23,25)(H,24,26)/b22-13-. The Morgan fingerprint density at radius 1 is 1.04 bits per heavy atom. The van der Waals surface area contributed by atoms with Gasteiger partial charge in [-0.2, -0.15) is 5.10 Å². The molecule has 2 rings (SSSR count). The van der Waals surface area contributed by atoms with Crippen LogP contribution >= 0.6 is 0 Å². The van der Waals surface area contributed by atoms with E-state index in [1.807, 2.05) is 24.3 Å². The highest BCUT2D eigenvalue weighted by Gasteiger charge is 2.13. The summed E-state index contributed by atoms with van der Waals surface area (Å²) in [5, 5.41) is 6.58. The molecule has 0 radical (unpaired) electrons. The van der Waals surface area contributed by atoms with Gasteiger partial charge >= 0.3 is 0 Å². The van der Waals surface area contributed by atoms with E-state index in [0.29, 0.717) is 11.4 Å². The van der Waals surface area contributed by atoms with Crippen LogP contribution in [0, 0.1) is 0 Å². The van der Waals surface area contributed by atoms with E-state index in [-0.39, 0.29) is 23.8 Å². The van der Waals surface area contributed by atoms with Crippen LogP contribution in [0.15, 0.2) is 53.6 Å². The topological polar surface area (TPSA) is 79.8 Å². The third kappa shape index (κ3) is 6.93. The summed E-state index contributed by atoms with van der Waals surface area (Å²) in [5.41, 5.74) is 5.19. The van der Waals surface area contributed by atoms with E-state index >= 15 is 0 Å². The van der Waals surface area contributed by atoms with Gasteiger partial charge in [0.2, 0.25) is 5.91 Å². The first-order valence-electron chi connectivity index (χ1n) is 8.67. The minimum absolute atomic E-state index is 0.0744. The van der Waals surface area contributed by atoms with E-state index in [2.05, 4.69) is 36.6 Å². The van der Waals surface area contributed by atoms with Crippen LogP contribution in [0.5, 0.6) is 5.75 Å². The number of benzene rings is 2.